The molecule has 0 N–H and O–H groups in total. The van der Waals surface area contributed by atoms with Gasteiger partial charge < -0.3 is 18.9 Å². The van der Waals surface area contributed by atoms with Crippen molar-refractivity contribution in [3.63, 3.8) is 0 Å². The Hall–Kier alpha value is -2.41. The molecule has 0 amide bonds. The molecular weight excluding hydrogens is 346 g/mol. The zero-order valence-corrected chi connectivity index (χ0v) is 14.8. The second kappa shape index (κ2) is 8.52. The molecule has 0 saturated carbocycles. The van der Waals surface area contributed by atoms with Crippen molar-refractivity contribution in [2.45, 2.75) is 43.9 Å². The van der Waals surface area contributed by atoms with E-state index in [1.54, 1.807) is 0 Å². The summed E-state index contributed by atoms with van der Waals surface area (Å²) in [5.41, 5.74) is 11.1. The Morgan fingerprint density at radius 2 is 1.52 bits per heavy atom. The number of hydrogen-bond acceptors (Lipinski definition) is 5. The number of benzene rings is 2. The van der Waals surface area contributed by atoms with Gasteiger partial charge in [-0.25, -0.2) is 0 Å². The average Bonchev–Trinajstić information content (AvgIpc) is 3.15. The van der Waals surface area contributed by atoms with Crippen LogP contribution >= 0.6 is 0 Å². The molecule has 2 aliphatic heterocycles. The number of azide groups is 1. The van der Waals surface area contributed by atoms with Crippen molar-refractivity contribution in [3.05, 3.63) is 82.2 Å². The SMILES string of the molecule is [N-]=[N+]=NC1C(OCc2ccccc2)[C@H](OCc2ccccc2)C2CO[C@@H]1O2. The van der Waals surface area contributed by atoms with Crippen LogP contribution in [0.2, 0.25) is 0 Å². The first-order valence-corrected chi connectivity index (χ1v) is 8.97. The minimum Gasteiger partial charge on any atom is -0.370 e. The molecule has 0 spiro atoms. The van der Waals surface area contributed by atoms with Gasteiger partial charge in [0.15, 0.2) is 6.29 Å². The minimum absolute atomic E-state index is 0.246. The smallest absolute Gasteiger partial charge is 0.169 e. The van der Waals surface area contributed by atoms with E-state index in [0.29, 0.717) is 19.8 Å². The largest absolute Gasteiger partial charge is 0.370 e. The molecule has 2 aromatic rings. The number of nitrogens with zero attached hydrogens (tertiary/aromatic N) is 3. The summed E-state index contributed by atoms with van der Waals surface area (Å²) in [5, 5.41) is 3.89. The van der Waals surface area contributed by atoms with E-state index in [0.717, 1.165) is 11.1 Å². The topological polar surface area (TPSA) is 85.7 Å². The number of fused-ring (bicyclic) bond motifs is 2. The molecule has 2 saturated heterocycles. The Morgan fingerprint density at radius 1 is 0.926 bits per heavy atom. The summed E-state index contributed by atoms with van der Waals surface area (Å²) in [4.78, 5) is 2.96. The van der Waals surface area contributed by atoms with Crippen LogP contribution in [0.1, 0.15) is 11.1 Å². The second-order valence-electron chi connectivity index (χ2n) is 6.59. The zero-order valence-electron chi connectivity index (χ0n) is 14.8. The summed E-state index contributed by atoms with van der Waals surface area (Å²) in [7, 11) is 0. The monoisotopic (exact) mass is 367 g/mol. The van der Waals surface area contributed by atoms with Crippen LogP contribution < -0.4 is 0 Å². The predicted octanol–water partition coefficient (Wildman–Crippen LogP) is 3.59. The van der Waals surface area contributed by atoms with Gasteiger partial charge >= 0.3 is 0 Å². The lowest BCUT2D eigenvalue weighted by atomic mass is 9.98. The standard InChI is InChI=1S/C20H21N3O4/c21-23-22-17-19(25-12-15-9-5-2-6-10-15)18(16-13-26-20(17)27-16)24-11-14-7-3-1-4-8-14/h1-10,16-20H,11-13H2/t16?,17?,18-,19?,20-/m1/s1. The molecular formula is C20H21N3O4. The maximum atomic E-state index is 8.99. The quantitative estimate of drug-likeness (QED) is 0.425. The van der Waals surface area contributed by atoms with E-state index in [2.05, 4.69) is 10.0 Å². The van der Waals surface area contributed by atoms with Crippen LogP contribution in [0.25, 0.3) is 10.4 Å². The molecule has 2 aliphatic rings. The second-order valence-corrected chi connectivity index (χ2v) is 6.59. The summed E-state index contributed by atoms with van der Waals surface area (Å²) in [6.07, 6.45) is -1.67. The number of hydrogen-bond donors (Lipinski definition) is 0. The van der Waals surface area contributed by atoms with Gasteiger partial charge in [0.2, 0.25) is 0 Å². The molecule has 2 heterocycles. The fourth-order valence-corrected chi connectivity index (χ4v) is 3.46. The molecule has 140 valence electrons. The molecule has 2 bridgehead atoms. The Labute approximate surface area is 157 Å². The molecule has 0 aliphatic carbocycles. The van der Waals surface area contributed by atoms with Crippen LogP contribution in [-0.4, -0.2) is 37.3 Å². The van der Waals surface area contributed by atoms with Gasteiger partial charge in [0.05, 0.1) is 19.8 Å². The van der Waals surface area contributed by atoms with Crippen molar-refractivity contribution >= 4 is 0 Å². The molecule has 27 heavy (non-hydrogen) atoms. The van der Waals surface area contributed by atoms with Crippen molar-refractivity contribution in [1.29, 1.82) is 0 Å². The summed E-state index contributed by atoms with van der Waals surface area (Å²) < 4.78 is 23.8. The maximum Gasteiger partial charge on any atom is 0.169 e. The first-order valence-electron chi connectivity index (χ1n) is 8.97. The first kappa shape index (κ1) is 18.0. The van der Waals surface area contributed by atoms with E-state index >= 15 is 0 Å². The molecule has 7 heteroatoms. The summed E-state index contributed by atoms with van der Waals surface area (Å²) in [5.74, 6) is 0. The Morgan fingerprint density at radius 3 is 2.11 bits per heavy atom. The molecule has 2 aromatic carbocycles. The fraction of sp³-hybridized carbons (Fsp3) is 0.400. The van der Waals surface area contributed by atoms with Crippen LogP contribution in [-0.2, 0) is 32.2 Å². The normalized spacial score (nSPS) is 29.3. The van der Waals surface area contributed by atoms with Crippen LogP contribution in [0.15, 0.2) is 65.8 Å². The van der Waals surface area contributed by atoms with Gasteiger partial charge in [0.25, 0.3) is 0 Å². The fourth-order valence-electron chi connectivity index (χ4n) is 3.46. The van der Waals surface area contributed by atoms with Crippen molar-refractivity contribution in [1.82, 2.24) is 0 Å². The van der Waals surface area contributed by atoms with E-state index in [4.69, 9.17) is 24.5 Å². The van der Waals surface area contributed by atoms with Gasteiger partial charge in [-0.15, -0.1) is 0 Å². The van der Waals surface area contributed by atoms with Gasteiger partial charge in [-0.05, 0) is 16.7 Å². The van der Waals surface area contributed by atoms with E-state index in [9.17, 15) is 0 Å². The molecule has 5 atom stereocenters. The Balaban J connectivity index is 1.52. The third kappa shape index (κ3) is 4.13. The van der Waals surface area contributed by atoms with Crippen LogP contribution in [0, 0.1) is 0 Å². The zero-order chi connectivity index (χ0) is 18.5. The van der Waals surface area contributed by atoms with Gasteiger partial charge in [0.1, 0.15) is 24.4 Å². The minimum atomic E-state index is -0.599. The highest BCUT2D eigenvalue weighted by Crippen LogP contribution is 2.34. The molecule has 7 nitrogen and oxygen atoms in total. The summed E-state index contributed by atoms with van der Waals surface area (Å²) in [6, 6.07) is 19.2. The van der Waals surface area contributed by atoms with Crippen LogP contribution in [0.3, 0.4) is 0 Å². The molecule has 0 aromatic heterocycles. The van der Waals surface area contributed by atoms with Crippen molar-refractivity contribution < 1.29 is 18.9 Å². The summed E-state index contributed by atoms with van der Waals surface area (Å²) >= 11 is 0. The molecule has 3 unspecified atom stereocenters. The van der Waals surface area contributed by atoms with E-state index < -0.39 is 18.4 Å². The van der Waals surface area contributed by atoms with Gasteiger partial charge in [-0.3, -0.25) is 0 Å². The number of ether oxygens (including phenoxy) is 4. The number of rotatable bonds is 7. The third-order valence-corrected chi connectivity index (χ3v) is 4.79. The predicted molar refractivity (Wildman–Crippen MR) is 97.6 cm³/mol. The highest BCUT2D eigenvalue weighted by Gasteiger charge is 2.51. The van der Waals surface area contributed by atoms with Crippen molar-refractivity contribution in [2.24, 2.45) is 5.11 Å². The lowest BCUT2D eigenvalue weighted by Crippen LogP contribution is -2.55. The lowest BCUT2D eigenvalue weighted by molar-refractivity contribution is -0.211. The molecule has 0 radical (unpaired) electrons. The Kier molecular flexibility index (Phi) is 5.67. The Bertz CT molecular complexity index is 782. The van der Waals surface area contributed by atoms with Gasteiger partial charge in [0, 0.05) is 4.91 Å². The highest BCUT2D eigenvalue weighted by atomic mass is 16.7. The van der Waals surface area contributed by atoms with Crippen molar-refractivity contribution in [2.75, 3.05) is 6.61 Å². The average molecular weight is 367 g/mol. The van der Waals surface area contributed by atoms with E-state index in [-0.39, 0.29) is 12.2 Å². The molecule has 4 rings (SSSR count). The summed E-state index contributed by atoms with van der Waals surface area (Å²) in [6.45, 7) is 1.21. The third-order valence-electron chi connectivity index (χ3n) is 4.79. The lowest BCUT2D eigenvalue weighted by Gasteiger charge is -2.38. The van der Waals surface area contributed by atoms with Gasteiger partial charge in [-0.1, -0.05) is 65.8 Å². The van der Waals surface area contributed by atoms with Crippen LogP contribution in [0.5, 0.6) is 0 Å². The first-order chi connectivity index (χ1) is 13.3. The van der Waals surface area contributed by atoms with Gasteiger partial charge in [-0.2, -0.15) is 0 Å². The highest BCUT2D eigenvalue weighted by molar-refractivity contribution is 5.15. The van der Waals surface area contributed by atoms with Crippen molar-refractivity contribution in [3.8, 4) is 0 Å². The van der Waals surface area contributed by atoms with Crippen LogP contribution in [0.4, 0.5) is 0 Å². The molecule has 2 fully saturated rings. The van der Waals surface area contributed by atoms with E-state index in [1.807, 2.05) is 60.7 Å². The van der Waals surface area contributed by atoms with E-state index in [1.165, 1.54) is 0 Å². The maximum absolute atomic E-state index is 8.99.